The van der Waals surface area contributed by atoms with Gasteiger partial charge >= 0.3 is 0 Å². The molecule has 21 heavy (non-hydrogen) atoms. The minimum absolute atomic E-state index is 0.0181. The van der Waals surface area contributed by atoms with Crippen LogP contribution in [0.15, 0.2) is 53.0 Å². The third kappa shape index (κ3) is 5.33. The van der Waals surface area contributed by atoms with Crippen LogP contribution in [0.25, 0.3) is 0 Å². The van der Waals surface area contributed by atoms with Crippen molar-refractivity contribution < 1.29 is 9.53 Å². The highest BCUT2D eigenvalue weighted by Gasteiger charge is 2.04. The zero-order chi connectivity index (χ0) is 15.1. The predicted molar refractivity (Wildman–Crippen MR) is 88.2 cm³/mol. The van der Waals surface area contributed by atoms with E-state index in [0.29, 0.717) is 13.0 Å². The minimum atomic E-state index is 0.0181. The van der Waals surface area contributed by atoms with Crippen molar-refractivity contribution in [2.45, 2.75) is 19.4 Å². The average molecular weight is 348 g/mol. The second-order valence-electron chi connectivity index (χ2n) is 4.81. The smallest absolute Gasteiger partial charge is 0.224 e. The zero-order valence-electron chi connectivity index (χ0n) is 11.9. The predicted octanol–water partition coefficient (Wildman–Crippen LogP) is 4.17. The number of benzene rings is 2. The largest absolute Gasteiger partial charge is 0.380 e. The molecule has 4 heteroatoms. The third-order valence-corrected chi connectivity index (χ3v) is 3.54. The average Bonchev–Trinajstić information content (AvgIpc) is 2.46. The maximum Gasteiger partial charge on any atom is 0.224 e. The van der Waals surface area contributed by atoms with Crippen molar-refractivity contribution in [2.75, 3.05) is 12.4 Å². The van der Waals surface area contributed by atoms with Crippen molar-refractivity contribution in [3.63, 3.8) is 0 Å². The minimum Gasteiger partial charge on any atom is -0.380 e. The molecule has 0 atom stereocenters. The molecule has 0 aliphatic rings. The van der Waals surface area contributed by atoms with Crippen LogP contribution in [0.5, 0.6) is 0 Å². The summed E-state index contributed by atoms with van der Waals surface area (Å²) in [4.78, 5) is 12.0. The van der Waals surface area contributed by atoms with Crippen LogP contribution in [0.1, 0.15) is 17.5 Å². The Morgan fingerprint density at radius 2 is 1.90 bits per heavy atom. The molecule has 1 N–H and O–H groups in total. The monoisotopic (exact) mass is 347 g/mol. The third-order valence-electron chi connectivity index (χ3n) is 3.05. The van der Waals surface area contributed by atoms with Gasteiger partial charge in [-0.15, -0.1) is 0 Å². The standard InChI is InChI=1S/C17H18BrNO2/c1-21-12-14-5-3-7-16(11-14)19-17(20)9-8-13-4-2-6-15(18)10-13/h2-7,10-11H,8-9,12H2,1H3,(H,19,20). The van der Waals surface area contributed by atoms with Crippen molar-refractivity contribution >= 4 is 27.5 Å². The van der Waals surface area contributed by atoms with Gasteiger partial charge in [0.1, 0.15) is 0 Å². The van der Waals surface area contributed by atoms with Crippen molar-refractivity contribution in [1.29, 1.82) is 0 Å². The van der Waals surface area contributed by atoms with Crippen LogP contribution in [0, 0.1) is 0 Å². The molecule has 0 saturated carbocycles. The molecule has 0 aliphatic carbocycles. The summed E-state index contributed by atoms with van der Waals surface area (Å²) in [5.74, 6) is 0.0181. The number of hydrogen-bond donors (Lipinski definition) is 1. The molecule has 2 rings (SSSR count). The summed E-state index contributed by atoms with van der Waals surface area (Å²) in [6, 6.07) is 15.7. The van der Waals surface area contributed by atoms with Gasteiger partial charge < -0.3 is 10.1 Å². The number of amides is 1. The van der Waals surface area contributed by atoms with Crippen molar-refractivity contribution in [3.05, 3.63) is 64.1 Å². The van der Waals surface area contributed by atoms with Gasteiger partial charge in [0.05, 0.1) is 6.61 Å². The van der Waals surface area contributed by atoms with Gasteiger partial charge in [-0.2, -0.15) is 0 Å². The van der Waals surface area contributed by atoms with E-state index < -0.39 is 0 Å². The number of hydrogen-bond acceptors (Lipinski definition) is 2. The first kappa shape index (κ1) is 15.7. The summed E-state index contributed by atoms with van der Waals surface area (Å²) in [7, 11) is 1.66. The van der Waals surface area contributed by atoms with Crippen LogP contribution in [-0.4, -0.2) is 13.0 Å². The first-order valence-corrected chi connectivity index (χ1v) is 7.59. The van der Waals surface area contributed by atoms with E-state index in [-0.39, 0.29) is 5.91 Å². The van der Waals surface area contributed by atoms with Gasteiger partial charge in [0.15, 0.2) is 0 Å². The molecule has 2 aromatic rings. The summed E-state index contributed by atoms with van der Waals surface area (Å²) in [5, 5.41) is 2.92. The van der Waals surface area contributed by atoms with E-state index in [9.17, 15) is 4.79 Å². The van der Waals surface area contributed by atoms with Crippen molar-refractivity contribution in [1.82, 2.24) is 0 Å². The molecule has 0 aliphatic heterocycles. The van der Waals surface area contributed by atoms with E-state index >= 15 is 0 Å². The number of methoxy groups -OCH3 is 1. The van der Waals surface area contributed by atoms with Gasteiger partial charge in [0, 0.05) is 23.7 Å². The van der Waals surface area contributed by atoms with Gasteiger partial charge in [-0.3, -0.25) is 4.79 Å². The Balaban J connectivity index is 1.88. The lowest BCUT2D eigenvalue weighted by atomic mass is 10.1. The summed E-state index contributed by atoms with van der Waals surface area (Å²) in [5.41, 5.74) is 3.00. The van der Waals surface area contributed by atoms with E-state index in [1.165, 1.54) is 0 Å². The molecule has 0 aromatic heterocycles. The maximum absolute atomic E-state index is 12.0. The molecule has 0 heterocycles. The van der Waals surface area contributed by atoms with Gasteiger partial charge in [-0.05, 0) is 41.8 Å². The summed E-state index contributed by atoms with van der Waals surface area (Å²) >= 11 is 3.43. The van der Waals surface area contributed by atoms with E-state index in [4.69, 9.17) is 4.74 Å². The van der Waals surface area contributed by atoms with Crippen LogP contribution in [0.3, 0.4) is 0 Å². The highest BCUT2D eigenvalue weighted by molar-refractivity contribution is 9.10. The number of nitrogens with one attached hydrogen (secondary N) is 1. The highest BCUT2D eigenvalue weighted by atomic mass is 79.9. The quantitative estimate of drug-likeness (QED) is 0.851. The van der Waals surface area contributed by atoms with E-state index in [1.807, 2.05) is 48.5 Å². The molecule has 0 bridgehead atoms. The molecule has 0 unspecified atom stereocenters. The lowest BCUT2D eigenvalue weighted by Crippen LogP contribution is -2.12. The number of ether oxygens (including phenoxy) is 1. The molecule has 0 spiro atoms. The fourth-order valence-electron chi connectivity index (χ4n) is 2.08. The Kier molecular flexibility index (Phi) is 5.96. The lowest BCUT2D eigenvalue weighted by Gasteiger charge is -2.07. The Labute approximate surface area is 133 Å². The van der Waals surface area contributed by atoms with Crippen molar-refractivity contribution in [3.8, 4) is 0 Å². The van der Waals surface area contributed by atoms with Gasteiger partial charge in [-0.1, -0.05) is 40.2 Å². The van der Waals surface area contributed by atoms with Crippen LogP contribution in [0.4, 0.5) is 5.69 Å². The van der Waals surface area contributed by atoms with E-state index in [2.05, 4.69) is 21.2 Å². The molecule has 0 radical (unpaired) electrons. The van der Waals surface area contributed by atoms with E-state index in [1.54, 1.807) is 7.11 Å². The molecule has 110 valence electrons. The number of anilines is 1. The first-order valence-electron chi connectivity index (χ1n) is 6.79. The fraction of sp³-hybridized carbons (Fsp3) is 0.235. The number of rotatable bonds is 6. The van der Waals surface area contributed by atoms with Crippen LogP contribution >= 0.6 is 15.9 Å². The normalized spacial score (nSPS) is 10.4. The number of halogens is 1. The van der Waals surface area contributed by atoms with Gasteiger partial charge in [0.25, 0.3) is 0 Å². The van der Waals surface area contributed by atoms with Crippen LogP contribution in [-0.2, 0) is 22.6 Å². The molecule has 3 nitrogen and oxygen atoms in total. The number of carbonyl (C=O) groups is 1. The molecular weight excluding hydrogens is 330 g/mol. The topological polar surface area (TPSA) is 38.3 Å². The Morgan fingerprint density at radius 3 is 2.67 bits per heavy atom. The van der Waals surface area contributed by atoms with Crippen molar-refractivity contribution in [2.24, 2.45) is 0 Å². The fourth-order valence-corrected chi connectivity index (χ4v) is 2.53. The molecule has 2 aromatic carbocycles. The van der Waals surface area contributed by atoms with E-state index in [0.717, 1.165) is 27.7 Å². The number of carbonyl (C=O) groups excluding carboxylic acids is 1. The lowest BCUT2D eigenvalue weighted by molar-refractivity contribution is -0.116. The first-order chi connectivity index (χ1) is 10.2. The Hall–Kier alpha value is -1.65. The second kappa shape index (κ2) is 7.96. The highest BCUT2D eigenvalue weighted by Crippen LogP contribution is 2.15. The number of aryl methyl sites for hydroxylation is 1. The molecule has 1 amide bonds. The van der Waals surface area contributed by atoms with Crippen LogP contribution in [0.2, 0.25) is 0 Å². The summed E-state index contributed by atoms with van der Waals surface area (Å²) < 4.78 is 6.12. The molecular formula is C17H18BrNO2. The van der Waals surface area contributed by atoms with Gasteiger partial charge in [-0.25, -0.2) is 0 Å². The summed E-state index contributed by atoms with van der Waals surface area (Å²) in [6.45, 7) is 0.543. The molecule has 0 saturated heterocycles. The summed E-state index contributed by atoms with van der Waals surface area (Å²) in [6.07, 6.45) is 1.19. The maximum atomic E-state index is 12.0. The van der Waals surface area contributed by atoms with Gasteiger partial charge in [0.2, 0.25) is 5.91 Å². The van der Waals surface area contributed by atoms with Crippen LogP contribution < -0.4 is 5.32 Å². The Bertz CT molecular complexity index is 613. The Morgan fingerprint density at radius 1 is 1.14 bits per heavy atom. The zero-order valence-corrected chi connectivity index (χ0v) is 13.5. The SMILES string of the molecule is COCc1cccc(NC(=O)CCc2cccc(Br)c2)c1. The second-order valence-corrected chi connectivity index (χ2v) is 5.73. The molecule has 0 fully saturated rings.